The van der Waals surface area contributed by atoms with Crippen molar-refractivity contribution in [1.29, 1.82) is 0 Å². The molecule has 0 unspecified atom stereocenters. The van der Waals surface area contributed by atoms with Crippen LogP contribution in [-0.2, 0) is 13.1 Å². The molecule has 0 spiro atoms. The molecule has 0 amide bonds. The summed E-state index contributed by atoms with van der Waals surface area (Å²) in [7, 11) is 0. The molecule has 0 atom stereocenters. The number of fused-ring (bicyclic) bond motifs is 1. The summed E-state index contributed by atoms with van der Waals surface area (Å²) in [6.07, 6.45) is 0. The number of imidazole rings is 1. The van der Waals surface area contributed by atoms with E-state index in [4.69, 9.17) is 22.1 Å². The highest BCUT2D eigenvalue weighted by Gasteiger charge is 2.20. The molecular weight excluding hydrogens is 349 g/mol. The highest BCUT2D eigenvalue weighted by molar-refractivity contribution is 6.32. The van der Waals surface area contributed by atoms with Gasteiger partial charge >= 0.3 is 5.95 Å². The second-order valence-electron chi connectivity index (χ2n) is 5.15. The van der Waals surface area contributed by atoms with E-state index < -0.39 is 0 Å². The number of para-hydroxylation sites is 3. The molecule has 3 rings (SSSR count). The van der Waals surface area contributed by atoms with Crippen LogP contribution in [0.15, 0.2) is 48.5 Å². The summed E-state index contributed by atoms with van der Waals surface area (Å²) in [6.45, 7) is 1.55. The molecule has 24 heavy (non-hydrogen) atoms. The predicted octanol–water partition coefficient (Wildman–Crippen LogP) is -0.760. The van der Waals surface area contributed by atoms with Crippen molar-refractivity contribution in [3.63, 3.8) is 0 Å². The number of rotatable bonds is 6. The fourth-order valence-corrected chi connectivity index (χ4v) is 2.88. The molecule has 0 aliphatic rings. The number of nitrogen functional groups attached to an aromatic ring is 1. The summed E-state index contributed by atoms with van der Waals surface area (Å²) in [4.78, 5) is 0. The topological polar surface area (TPSA) is 64.3 Å². The Hall–Kier alpha value is -1.95. The van der Waals surface area contributed by atoms with Crippen LogP contribution in [0.5, 0.6) is 5.75 Å². The number of aliphatic hydroxyl groups excluding tert-OH is 1. The molecule has 2 aromatic carbocycles. The van der Waals surface area contributed by atoms with Gasteiger partial charge in [0.1, 0.15) is 29.9 Å². The number of halogens is 2. The van der Waals surface area contributed by atoms with Gasteiger partial charge in [-0.25, -0.2) is 9.13 Å². The SMILES string of the molecule is Nc1n(CCOc2ccccc2Cl)c2ccccc2[n+]1CCO.[Cl-]. The molecule has 0 aliphatic heterocycles. The number of ether oxygens (including phenoxy) is 1. The van der Waals surface area contributed by atoms with Crippen LogP contribution in [0.2, 0.25) is 5.02 Å². The third kappa shape index (κ3) is 3.59. The number of hydrogen-bond acceptors (Lipinski definition) is 3. The zero-order valence-electron chi connectivity index (χ0n) is 13.0. The molecule has 128 valence electrons. The number of nitrogens with two attached hydrogens (primary N) is 1. The van der Waals surface area contributed by atoms with E-state index in [-0.39, 0.29) is 19.0 Å². The summed E-state index contributed by atoms with van der Waals surface area (Å²) in [5, 5.41) is 9.83. The third-order valence-electron chi connectivity index (χ3n) is 3.75. The van der Waals surface area contributed by atoms with Crippen LogP contribution >= 0.6 is 11.6 Å². The van der Waals surface area contributed by atoms with Crippen molar-refractivity contribution in [3.05, 3.63) is 53.6 Å². The lowest BCUT2D eigenvalue weighted by Gasteiger charge is -2.07. The summed E-state index contributed by atoms with van der Waals surface area (Å²) in [6, 6.07) is 15.3. The van der Waals surface area contributed by atoms with Gasteiger partial charge in [0.05, 0.1) is 18.2 Å². The van der Waals surface area contributed by atoms with Crippen molar-refractivity contribution in [3.8, 4) is 5.75 Å². The molecule has 3 N–H and O–H groups in total. The van der Waals surface area contributed by atoms with Gasteiger partial charge in [0.2, 0.25) is 0 Å². The monoisotopic (exact) mass is 367 g/mol. The van der Waals surface area contributed by atoms with Crippen molar-refractivity contribution in [2.75, 3.05) is 18.9 Å². The van der Waals surface area contributed by atoms with E-state index in [1.165, 1.54) is 0 Å². The number of benzene rings is 2. The maximum absolute atomic E-state index is 9.24. The first kappa shape index (κ1) is 18.4. The van der Waals surface area contributed by atoms with E-state index in [2.05, 4.69) is 0 Å². The molecule has 5 nitrogen and oxygen atoms in total. The molecule has 0 aliphatic carbocycles. The Bertz CT molecular complexity index is 821. The van der Waals surface area contributed by atoms with E-state index in [0.29, 0.717) is 36.4 Å². The number of aromatic nitrogens is 2. The van der Waals surface area contributed by atoms with Gasteiger partial charge in [0, 0.05) is 0 Å². The van der Waals surface area contributed by atoms with Gasteiger partial charge in [-0.1, -0.05) is 35.9 Å². The molecule has 1 aromatic heterocycles. The number of anilines is 1. The van der Waals surface area contributed by atoms with Crippen LogP contribution in [0, 0.1) is 0 Å². The van der Waals surface area contributed by atoms with Gasteiger partial charge in [0.25, 0.3) is 0 Å². The lowest BCUT2D eigenvalue weighted by molar-refractivity contribution is -0.658. The van der Waals surface area contributed by atoms with Crippen LogP contribution in [0.1, 0.15) is 0 Å². The van der Waals surface area contributed by atoms with Gasteiger partial charge in [-0.2, -0.15) is 0 Å². The average Bonchev–Trinajstić information content (AvgIpc) is 2.83. The maximum Gasteiger partial charge on any atom is 0.356 e. The number of hydrogen-bond donors (Lipinski definition) is 2. The first-order valence-corrected chi connectivity index (χ1v) is 7.85. The van der Waals surface area contributed by atoms with E-state index in [9.17, 15) is 5.11 Å². The Balaban J connectivity index is 0.00000208. The zero-order valence-corrected chi connectivity index (χ0v) is 14.5. The summed E-state index contributed by atoms with van der Waals surface area (Å²) >= 11 is 6.09. The number of aliphatic hydroxyl groups is 1. The molecule has 3 aromatic rings. The molecule has 7 heteroatoms. The standard InChI is InChI=1S/C17H18ClN3O2.ClH/c18-13-5-1-4-8-16(13)23-12-10-21-15-7-3-2-6-14(15)20(9-11-22)17(21)19;/h1-8,19,22H,9-12H2;1H. The molecule has 0 saturated heterocycles. The highest BCUT2D eigenvalue weighted by atomic mass is 35.5. The van der Waals surface area contributed by atoms with Crippen LogP contribution < -0.4 is 27.4 Å². The molecule has 0 bridgehead atoms. The van der Waals surface area contributed by atoms with Crippen molar-refractivity contribution in [2.24, 2.45) is 0 Å². The third-order valence-corrected chi connectivity index (χ3v) is 4.06. The van der Waals surface area contributed by atoms with E-state index in [0.717, 1.165) is 11.0 Å². The van der Waals surface area contributed by atoms with Gasteiger partial charge in [-0.05, 0) is 24.3 Å². The zero-order chi connectivity index (χ0) is 16.2. The van der Waals surface area contributed by atoms with Crippen molar-refractivity contribution in [1.82, 2.24) is 4.57 Å². The normalized spacial score (nSPS) is 10.6. The maximum atomic E-state index is 9.24. The first-order chi connectivity index (χ1) is 11.2. The Labute approximate surface area is 151 Å². The van der Waals surface area contributed by atoms with Crippen LogP contribution in [0.25, 0.3) is 11.0 Å². The average molecular weight is 368 g/mol. The highest BCUT2D eigenvalue weighted by Crippen LogP contribution is 2.23. The smallest absolute Gasteiger partial charge is 0.356 e. The molecule has 0 radical (unpaired) electrons. The minimum Gasteiger partial charge on any atom is -1.00 e. The Morgan fingerprint density at radius 1 is 1.12 bits per heavy atom. The predicted molar refractivity (Wildman–Crippen MR) is 90.6 cm³/mol. The fraction of sp³-hybridized carbons (Fsp3) is 0.235. The largest absolute Gasteiger partial charge is 1.00 e. The lowest BCUT2D eigenvalue weighted by Crippen LogP contribution is -3.00. The summed E-state index contributed by atoms with van der Waals surface area (Å²) in [5.74, 6) is 1.26. The van der Waals surface area contributed by atoms with Crippen LogP contribution in [0.3, 0.4) is 0 Å². The summed E-state index contributed by atoms with van der Waals surface area (Å²) < 4.78 is 9.64. The second kappa shape index (κ2) is 8.24. The van der Waals surface area contributed by atoms with Crippen molar-refractivity contribution >= 4 is 28.6 Å². The first-order valence-electron chi connectivity index (χ1n) is 7.47. The molecule has 1 heterocycles. The van der Waals surface area contributed by atoms with E-state index in [1.807, 2.05) is 51.6 Å². The van der Waals surface area contributed by atoms with Crippen LogP contribution in [0.4, 0.5) is 5.95 Å². The second-order valence-corrected chi connectivity index (χ2v) is 5.56. The molecule has 0 saturated carbocycles. The lowest BCUT2D eigenvalue weighted by atomic mass is 10.3. The number of nitrogens with zero attached hydrogens (tertiary/aromatic N) is 2. The quantitative estimate of drug-likeness (QED) is 0.563. The fourth-order valence-electron chi connectivity index (χ4n) is 2.69. The molecular formula is C17H19Cl2N3O2. The molecule has 0 fully saturated rings. The van der Waals surface area contributed by atoms with E-state index >= 15 is 0 Å². The van der Waals surface area contributed by atoms with Gasteiger partial charge in [-0.15, -0.1) is 0 Å². The Morgan fingerprint density at radius 3 is 2.58 bits per heavy atom. The van der Waals surface area contributed by atoms with Gasteiger partial charge < -0.3 is 22.3 Å². The summed E-state index contributed by atoms with van der Waals surface area (Å²) in [5.41, 5.74) is 8.26. The van der Waals surface area contributed by atoms with Gasteiger partial charge in [0.15, 0.2) is 0 Å². The Morgan fingerprint density at radius 2 is 1.83 bits per heavy atom. The van der Waals surface area contributed by atoms with Crippen LogP contribution in [-0.4, -0.2) is 22.9 Å². The Kier molecular flexibility index (Phi) is 6.31. The van der Waals surface area contributed by atoms with Gasteiger partial charge in [-0.3, -0.25) is 5.73 Å². The minimum absolute atomic E-state index is 0. The van der Waals surface area contributed by atoms with Crippen molar-refractivity contribution in [2.45, 2.75) is 13.1 Å². The minimum atomic E-state index is 0. The van der Waals surface area contributed by atoms with Crippen molar-refractivity contribution < 1.29 is 26.8 Å². The van der Waals surface area contributed by atoms with E-state index in [1.54, 1.807) is 6.07 Å².